The van der Waals surface area contributed by atoms with Gasteiger partial charge in [-0.3, -0.25) is 9.69 Å². The molecule has 3 heteroatoms. The van der Waals surface area contributed by atoms with Crippen LogP contribution in [0.5, 0.6) is 0 Å². The molecule has 0 saturated heterocycles. The fourth-order valence-electron chi connectivity index (χ4n) is 1.68. The van der Waals surface area contributed by atoms with Crippen LogP contribution in [0.4, 0.5) is 0 Å². The maximum Gasteiger partial charge on any atom is 0.151 e. The Morgan fingerprint density at radius 1 is 1.35 bits per heavy atom. The average molecular weight is 251 g/mol. The van der Waals surface area contributed by atoms with E-state index in [0.29, 0.717) is 19.0 Å². The van der Waals surface area contributed by atoms with Gasteiger partial charge in [-0.05, 0) is 25.8 Å². The number of carbonyl (C=O) groups excluding carboxylic acids is 1. The topological polar surface area (TPSA) is 20.3 Å². The van der Waals surface area contributed by atoms with E-state index in [2.05, 4.69) is 18.1 Å². The van der Waals surface area contributed by atoms with Gasteiger partial charge < -0.3 is 0 Å². The second kappa shape index (κ2) is 7.51. The SMILES string of the molecule is CSCC(C)N(C)CC(=O)Cc1ccccc1. The molecule has 0 aliphatic rings. The number of benzene rings is 1. The molecular weight excluding hydrogens is 230 g/mol. The standard InChI is InChI=1S/C14H21NOS/c1-12(11-17-3)15(2)10-14(16)9-13-7-5-4-6-8-13/h4-8,12H,9-11H2,1-3H3. The predicted octanol–water partition coefficient (Wildman–Crippen LogP) is 2.48. The van der Waals surface area contributed by atoms with Gasteiger partial charge in [-0.25, -0.2) is 0 Å². The minimum atomic E-state index is 0.284. The molecule has 1 rings (SSSR count). The number of likely N-dealkylation sites (N-methyl/N-ethyl adjacent to an activating group) is 1. The molecule has 0 N–H and O–H groups in total. The van der Waals surface area contributed by atoms with Crippen molar-refractivity contribution in [3.8, 4) is 0 Å². The number of ketones is 1. The van der Waals surface area contributed by atoms with Gasteiger partial charge in [-0.2, -0.15) is 11.8 Å². The van der Waals surface area contributed by atoms with Gasteiger partial charge in [0.2, 0.25) is 0 Å². The Morgan fingerprint density at radius 2 is 2.00 bits per heavy atom. The third-order valence-corrected chi connectivity index (χ3v) is 3.65. The highest BCUT2D eigenvalue weighted by Gasteiger charge is 2.12. The Balaban J connectivity index is 2.39. The largest absolute Gasteiger partial charge is 0.298 e. The molecule has 0 aromatic heterocycles. The molecule has 1 unspecified atom stereocenters. The fraction of sp³-hybridized carbons (Fsp3) is 0.500. The molecule has 0 bridgehead atoms. The second-order valence-electron chi connectivity index (χ2n) is 4.42. The summed E-state index contributed by atoms with van der Waals surface area (Å²) in [5, 5.41) is 0. The first-order chi connectivity index (χ1) is 8.13. The van der Waals surface area contributed by atoms with Gasteiger partial charge >= 0.3 is 0 Å². The van der Waals surface area contributed by atoms with Gasteiger partial charge in [0.25, 0.3) is 0 Å². The van der Waals surface area contributed by atoms with Crippen LogP contribution < -0.4 is 0 Å². The first-order valence-corrected chi connectivity index (χ1v) is 7.27. The van der Waals surface area contributed by atoms with Crippen LogP contribution in [0.1, 0.15) is 12.5 Å². The number of hydrogen-bond acceptors (Lipinski definition) is 3. The normalized spacial score (nSPS) is 12.7. The fourth-order valence-corrected chi connectivity index (χ4v) is 2.42. The van der Waals surface area contributed by atoms with Gasteiger partial charge in [-0.15, -0.1) is 0 Å². The van der Waals surface area contributed by atoms with Crippen LogP contribution in [0.25, 0.3) is 0 Å². The molecule has 0 radical (unpaired) electrons. The molecule has 0 heterocycles. The zero-order chi connectivity index (χ0) is 12.7. The summed E-state index contributed by atoms with van der Waals surface area (Å²) in [4.78, 5) is 14.0. The zero-order valence-corrected chi connectivity index (χ0v) is 11.7. The first kappa shape index (κ1) is 14.3. The van der Waals surface area contributed by atoms with Crippen molar-refractivity contribution in [3.63, 3.8) is 0 Å². The summed E-state index contributed by atoms with van der Waals surface area (Å²) in [6, 6.07) is 10.4. The molecule has 0 amide bonds. The molecular formula is C14H21NOS. The summed E-state index contributed by atoms with van der Waals surface area (Å²) in [6.07, 6.45) is 2.63. The Kier molecular flexibility index (Phi) is 6.30. The Morgan fingerprint density at radius 3 is 2.59 bits per heavy atom. The first-order valence-electron chi connectivity index (χ1n) is 5.88. The van der Waals surface area contributed by atoms with Crippen molar-refractivity contribution < 1.29 is 4.79 Å². The third kappa shape index (κ3) is 5.37. The lowest BCUT2D eigenvalue weighted by Gasteiger charge is -2.23. The molecule has 0 aliphatic heterocycles. The van der Waals surface area contributed by atoms with E-state index in [1.807, 2.05) is 49.1 Å². The highest BCUT2D eigenvalue weighted by molar-refractivity contribution is 7.98. The molecule has 0 spiro atoms. The van der Waals surface area contributed by atoms with Gasteiger partial charge in [0, 0.05) is 18.2 Å². The van der Waals surface area contributed by atoms with Crippen molar-refractivity contribution in [2.75, 3.05) is 25.6 Å². The van der Waals surface area contributed by atoms with Crippen molar-refractivity contribution in [1.29, 1.82) is 0 Å². The summed E-state index contributed by atoms with van der Waals surface area (Å²) >= 11 is 1.82. The van der Waals surface area contributed by atoms with Crippen LogP contribution >= 0.6 is 11.8 Å². The van der Waals surface area contributed by atoms with E-state index in [1.165, 1.54) is 0 Å². The monoisotopic (exact) mass is 251 g/mol. The van der Waals surface area contributed by atoms with Gasteiger partial charge in [0.15, 0.2) is 5.78 Å². The van der Waals surface area contributed by atoms with Crippen molar-refractivity contribution in [2.24, 2.45) is 0 Å². The molecule has 1 atom stereocenters. The minimum Gasteiger partial charge on any atom is -0.298 e. The maximum absolute atomic E-state index is 11.9. The van der Waals surface area contributed by atoms with Crippen LogP contribution in [0.15, 0.2) is 30.3 Å². The summed E-state index contributed by atoms with van der Waals surface area (Å²) < 4.78 is 0. The van der Waals surface area contributed by atoms with E-state index in [4.69, 9.17) is 0 Å². The minimum absolute atomic E-state index is 0.284. The zero-order valence-electron chi connectivity index (χ0n) is 10.8. The number of rotatable bonds is 7. The van der Waals surface area contributed by atoms with Gasteiger partial charge in [0.1, 0.15) is 0 Å². The highest BCUT2D eigenvalue weighted by Crippen LogP contribution is 2.05. The van der Waals surface area contributed by atoms with E-state index < -0.39 is 0 Å². The lowest BCUT2D eigenvalue weighted by molar-refractivity contribution is -0.119. The third-order valence-electron chi connectivity index (χ3n) is 2.83. The number of hydrogen-bond donors (Lipinski definition) is 0. The summed E-state index contributed by atoms with van der Waals surface area (Å²) in [6.45, 7) is 2.70. The van der Waals surface area contributed by atoms with Gasteiger partial charge in [0.05, 0.1) is 6.54 Å². The molecule has 94 valence electrons. The molecule has 2 nitrogen and oxygen atoms in total. The molecule has 0 fully saturated rings. The number of thioether (sulfide) groups is 1. The smallest absolute Gasteiger partial charge is 0.151 e. The summed E-state index contributed by atoms with van der Waals surface area (Å²) in [5.74, 6) is 1.35. The second-order valence-corrected chi connectivity index (χ2v) is 5.33. The van der Waals surface area contributed by atoms with Crippen molar-refractivity contribution in [1.82, 2.24) is 4.90 Å². The Hall–Kier alpha value is -0.800. The lowest BCUT2D eigenvalue weighted by atomic mass is 10.1. The number of carbonyl (C=O) groups is 1. The Bertz CT molecular complexity index is 339. The van der Waals surface area contributed by atoms with E-state index in [9.17, 15) is 4.79 Å². The van der Waals surface area contributed by atoms with Crippen LogP contribution in [0.3, 0.4) is 0 Å². The van der Waals surface area contributed by atoms with Crippen molar-refractivity contribution in [3.05, 3.63) is 35.9 Å². The van der Waals surface area contributed by atoms with Crippen LogP contribution in [0, 0.1) is 0 Å². The number of nitrogens with zero attached hydrogens (tertiary/aromatic N) is 1. The highest BCUT2D eigenvalue weighted by atomic mass is 32.2. The molecule has 0 saturated carbocycles. The molecule has 1 aromatic rings. The van der Waals surface area contributed by atoms with Crippen molar-refractivity contribution in [2.45, 2.75) is 19.4 Å². The predicted molar refractivity (Wildman–Crippen MR) is 75.6 cm³/mol. The Labute approximate surface area is 108 Å². The molecule has 0 aliphatic carbocycles. The van der Waals surface area contributed by atoms with E-state index >= 15 is 0 Å². The molecule has 17 heavy (non-hydrogen) atoms. The maximum atomic E-state index is 11.9. The molecule has 1 aromatic carbocycles. The number of Topliss-reactive ketones (excluding diaryl/α,β-unsaturated/α-hetero) is 1. The average Bonchev–Trinajstić information content (AvgIpc) is 2.30. The van der Waals surface area contributed by atoms with E-state index in [-0.39, 0.29) is 5.78 Å². The summed E-state index contributed by atoms with van der Waals surface area (Å²) in [7, 11) is 2.02. The van der Waals surface area contributed by atoms with Crippen molar-refractivity contribution >= 4 is 17.5 Å². The van der Waals surface area contributed by atoms with Crippen LogP contribution in [-0.2, 0) is 11.2 Å². The summed E-state index contributed by atoms with van der Waals surface area (Å²) in [5.41, 5.74) is 1.10. The quantitative estimate of drug-likeness (QED) is 0.742. The van der Waals surface area contributed by atoms with E-state index in [0.717, 1.165) is 11.3 Å². The lowest BCUT2D eigenvalue weighted by Crippen LogP contribution is -2.35. The van der Waals surface area contributed by atoms with E-state index in [1.54, 1.807) is 0 Å². The van der Waals surface area contributed by atoms with Crippen LogP contribution in [0.2, 0.25) is 0 Å². The van der Waals surface area contributed by atoms with Gasteiger partial charge in [-0.1, -0.05) is 30.3 Å². The van der Waals surface area contributed by atoms with Crippen LogP contribution in [-0.4, -0.2) is 42.3 Å².